The first-order valence-electron chi connectivity index (χ1n) is 7.03. The number of rotatable bonds is 6. The SMILES string of the molecule is O=C(CSCC(=O)N1CCCC1C(=O)O)Nc1ccccc1. The molecule has 22 heavy (non-hydrogen) atoms. The summed E-state index contributed by atoms with van der Waals surface area (Å²) in [7, 11) is 0. The lowest BCUT2D eigenvalue weighted by Crippen LogP contribution is -2.41. The number of nitrogens with zero attached hydrogens (tertiary/aromatic N) is 1. The highest BCUT2D eigenvalue weighted by Gasteiger charge is 2.33. The van der Waals surface area contributed by atoms with Crippen LogP contribution < -0.4 is 5.32 Å². The first kappa shape index (κ1) is 16.4. The van der Waals surface area contributed by atoms with Gasteiger partial charge in [0.05, 0.1) is 11.5 Å². The van der Waals surface area contributed by atoms with Crippen LogP contribution in [-0.2, 0) is 14.4 Å². The summed E-state index contributed by atoms with van der Waals surface area (Å²) in [6.07, 6.45) is 1.21. The molecular formula is C15H18N2O4S. The number of hydrogen-bond acceptors (Lipinski definition) is 4. The number of aliphatic carboxylic acids is 1. The van der Waals surface area contributed by atoms with Gasteiger partial charge in [0.2, 0.25) is 11.8 Å². The average Bonchev–Trinajstić information content (AvgIpc) is 2.98. The number of anilines is 1. The van der Waals surface area contributed by atoms with Crippen molar-refractivity contribution < 1.29 is 19.5 Å². The van der Waals surface area contributed by atoms with Crippen LogP contribution in [0.2, 0.25) is 0 Å². The number of carboxylic acids is 1. The Kier molecular flexibility index (Phi) is 5.83. The smallest absolute Gasteiger partial charge is 0.326 e. The van der Waals surface area contributed by atoms with Gasteiger partial charge in [-0.1, -0.05) is 18.2 Å². The van der Waals surface area contributed by atoms with E-state index < -0.39 is 12.0 Å². The van der Waals surface area contributed by atoms with Crippen LogP contribution in [-0.4, -0.2) is 51.9 Å². The Labute approximate surface area is 132 Å². The summed E-state index contributed by atoms with van der Waals surface area (Å²) in [6.45, 7) is 0.479. The van der Waals surface area contributed by atoms with Crippen LogP contribution in [0.1, 0.15) is 12.8 Å². The molecule has 6 nitrogen and oxygen atoms in total. The second-order valence-corrected chi connectivity index (χ2v) is 5.98. The minimum atomic E-state index is -0.960. The highest BCUT2D eigenvalue weighted by atomic mass is 32.2. The minimum absolute atomic E-state index is 0.117. The van der Waals surface area contributed by atoms with E-state index >= 15 is 0 Å². The summed E-state index contributed by atoms with van der Waals surface area (Å²) in [5, 5.41) is 11.8. The second-order valence-electron chi connectivity index (χ2n) is 4.99. The molecule has 1 fully saturated rings. The van der Waals surface area contributed by atoms with E-state index in [1.807, 2.05) is 18.2 Å². The minimum Gasteiger partial charge on any atom is -0.480 e. The summed E-state index contributed by atoms with van der Waals surface area (Å²) in [5.41, 5.74) is 0.713. The molecular weight excluding hydrogens is 304 g/mol. The molecule has 0 radical (unpaired) electrons. The summed E-state index contributed by atoms with van der Waals surface area (Å²) in [6, 6.07) is 8.37. The maximum atomic E-state index is 12.0. The van der Waals surface area contributed by atoms with Gasteiger partial charge in [-0.3, -0.25) is 9.59 Å². The Morgan fingerprint density at radius 3 is 2.64 bits per heavy atom. The highest BCUT2D eigenvalue weighted by molar-refractivity contribution is 8.00. The van der Waals surface area contributed by atoms with Crippen LogP contribution in [0.25, 0.3) is 0 Å². The molecule has 1 heterocycles. The summed E-state index contributed by atoms with van der Waals surface area (Å²) in [5.74, 6) is -1.08. The van der Waals surface area contributed by atoms with Crippen LogP contribution in [0.3, 0.4) is 0 Å². The van der Waals surface area contributed by atoms with E-state index in [-0.39, 0.29) is 23.3 Å². The largest absolute Gasteiger partial charge is 0.480 e. The Bertz CT molecular complexity index is 550. The molecule has 118 valence electrons. The van der Waals surface area contributed by atoms with E-state index in [9.17, 15) is 14.4 Å². The Morgan fingerprint density at radius 1 is 1.23 bits per heavy atom. The number of thioether (sulfide) groups is 1. The number of carbonyl (C=O) groups is 3. The lowest BCUT2D eigenvalue weighted by molar-refractivity contribution is -0.147. The number of amides is 2. The van der Waals surface area contributed by atoms with Gasteiger partial charge in [-0.15, -0.1) is 11.8 Å². The number of para-hydroxylation sites is 1. The third-order valence-corrected chi connectivity index (χ3v) is 4.29. The van der Waals surface area contributed by atoms with Gasteiger partial charge in [0.25, 0.3) is 0 Å². The molecule has 1 atom stereocenters. The molecule has 1 aromatic carbocycles. The normalized spacial score (nSPS) is 17.3. The van der Waals surface area contributed by atoms with E-state index in [1.165, 1.54) is 16.7 Å². The van der Waals surface area contributed by atoms with Gasteiger partial charge >= 0.3 is 5.97 Å². The van der Waals surface area contributed by atoms with E-state index in [2.05, 4.69) is 5.32 Å². The van der Waals surface area contributed by atoms with Gasteiger partial charge in [-0.05, 0) is 25.0 Å². The summed E-state index contributed by atoms with van der Waals surface area (Å²) >= 11 is 1.19. The van der Waals surface area contributed by atoms with Gasteiger partial charge in [-0.25, -0.2) is 4.79 Å². The molecule has 2 N–H and O–H groups in total. The monoisotopic (exact) mass is 322 g/mol. The van der Waals surface area contributed by atoms with Crippen LogP contribution >= 0.6 is 11.8 Å². The third-order valence-electron chi connectivity index (χ3n) is 3.37. The van der Waals surface area contributed by atoms with Gasteiger partial charge < -0.3 is 15.3 Å². The van der Waals surface area contributed by atoms with Crippen molar-refractivity contribution in [2.75, 3.05) is 23.4 Å². The van der Waals surface area contributed by atoms with Crippen molar-refractivity contribution in [3.63, 3.8) is 0 Å². The van der Waals surface area contributed by atoms with E-state index in [4.69, 9.17) is 5.11 Å². The molecule has 2 rings (SSSR count). The van der Waals surface area contributed by atoms with Crippen molar-refractivity contribution >= 4 is 35.2 Å². The van der Waals surface area contributed by atoms with Crippen molar-refractivity contribution in [1.29, 1.82) is 0 Å². The number of hydrogen-bond donors (Lipinski definition) is 2. The second kappa shape index (κ2) is 7.84. The number of nitrogens with one attached hydrogen (secondary N) is 1. The maximum Gasteiger partial charge on any atom is 0.326 e. The summed E-state index contributed by atoms with van der Waals surface area (Å²) < 4.78 is 0. The van der Waals surface area contributed by atoms with Crippen molar-refractivity contribution in [2.45, 2.75) is 18.9 Å². The first-order valence-corrected chi connectivity index (χ1v) is 8.18. The Morgan fingerprint density at radius 2 is 1.95 bits per heavy atom. The molecule has 0 bridgehead atoms. The van der Waals surface area contributed by atoms with Crippen LogP contribution in [0, 0.1) is 0 Å². The topological polar surface area (TPSA) is 86.7 Å². The fourth-order valence-electron chi connectivity index (χ4n) is 2.35. The van der Waals surface area contributed by atoms with Gasteiger partial charge in [-0.2, -0.15) is 0 Å². The summed E-state index contributed by atoms with van der Waals surface area (Å²) in [4.78, 5) is 36.2. The number of carbonyl (C=O) groups excluding carboxylic acids is 2. The molecule has 0 saturated carbocycles. The zero-order valence-corrected chi connectivity index (χ0v) is 12.8. The predicted molar refractivity (Wildman–Crippen MR) is 84.8 cm³/mol. The molecule has 1 aromatic rings. The van der Waals surface area contributed by atoms with Crippen LogP contribution in [0.5, 0.6) is 0 Å². The maximum absolute atomic E-state index is 12.0. The number of carboxylic acid groups (broad SMARTS) is 1. The molecule has 0 spiro atoms. The first-order chi connectivity index (χ1) is 10.6. The lowest BCUT2D eigenvalue weighted by Gasteiger charge is -2.21. The van der Waals surface area contributed by atoms with Crippen molar-refractivity contribution in [1.82, 2.24) is 4.90 Å². The molecule has 0 aromatic heterocycles. The predicted octanol–water partition coefficient (Wildman–Crippen LogP) is 1.43. The lowest BCUT2D eigenvalue weighted by atomic mass is 10.2. The fraction of sp³-hybridized carbons (Fsp3) is 0.400. The van der Waals surface area contributed by atoms with Gasteiger partial charge in [0.15, 0.2) is 0 Å². The van der Waals surface area contributed by atoms with E-state index in [1.54, 1.807) is 12.1 Å². The zero-order valence-electron chi connectivity index (χ0n) is 12.0. The van der Waals surface area contributed by atoms with Gasteiger partial charge in [0.1, 0.15) is 6.04 Å². The van der Waals surface area contributed by atoms with Gasteiger partial charge in [0, 0.05) is 12.2 Å². The molecule has 1 saturated heterocycles. The highest BCUT2D eigenvalue weighted by Crippen LogP contribution is 2.19. The molecule has 7 heteroatoms. The Balaban J connectivity index is 1.73. The van der Waals surface area contributed by atoms with Crippen LogP contribution in [0.4, 0.5) is 5.69 Å². The molecule has 1 unspecified atom stereocenters. The Hall–Kier alpha value is -2.02. The number of likely N-dealkylation sites (tertiary alicyclic amines) is 1. The zero-order chi connectivity index (χ0) is 15.9. The standard InChI is InChI=1S/C15H18N2O4S/c18-13(16-11-5-2-1-3-6-11)9-22-10-14(19)17-8-4-7-12(17)15(20)21/h1-3,5-6,12H,4,7-10H2,(H,16,18)(H,20,21). The average molecular weight is 322 g/mol. The van der Waals surface area contributed by atoms with Crippen molar-refractivity contribution in [3.8, 4) is 0 Å². The molecule has 0 aliphatic carbocycles. The third kappa shape index (κ3) is 4.49. The molecule has 1 aliphatic rings. The number of benzene rings is 1. The van der Waals surface area contributed by atoms with Crippen LogP contribution in [0.15, 0.2) is 30.3 Å². The van der Waals surface area contributed by atoms with E-state index in [0.29, 0.717) is 25.1 Å². The molecule has 1 aliphatic heterocycles. The fourth-order valence-corrected chi connectivity index (χ4v) is 3.05. The van der Waals surface area contributed by atoms with Crippen molar-refractivity contribution in [2.24, 2.45) is 0 Å². The quantitative estimate of drug-likeness (QED) is 0.827. The molecule has 2 amide bonds. The van der Waals surface area contributed by atoms with E-state index in [0.717, 1.165) is 0 Å². The van der Waals surface area contributed by atoms with Crippen molar-refractivity contribution in [3.05, 3.63) is 30.3 Å².